The van der Waals surface area contributed by atoms with Crippen molar-refractivity contribution in [2.75, 3.05) is 12.3 Å². The number of nitrogens with zero attached hydrogens (tertiary/aromatic N) is 1. The van der Waals surface area contributed by atoms with E-state index in [1.807, 2.05) is 20.8 Å². The summed E-state index contributed by atoms with van der Waals surface area (Å²) in [7, 11) is -1.07. The van der Waals surface area contributed by atoms with E-state index in [2.05, 4.69) is 5.32 Å². The second-order valence-corrected chi connectivity index (χ2v) is 7.52. The molecule has 0 aliphatic rings. The summed E-state index contributed by atoms with van der Waals surface area (Å²) >= 11 is 0. The minimum absolute atomic E-state index is 0.0130. The zero-order chi connectivity index (χ0) is 15.3. The van der Waals surface area contributed by atoms with Gasteiger partial charge in [0.05, 0.1) is 4.92 Å². The third-order valence-corrected chi connectivity index (χ3v) is 4.54. The number of carbonyl (C=O) groups excluding carboxylic acids is 1. The normalized spacial score (nSPS) is 12.8. The van der Waals surface area contributed by atoms with Crippen molar-refractivity contribution in [3.05, 3.63) is 39.9 Å². The molecule has 0 fully saturated rings. The largest absolute Gasteiger partial charge is 0.351 e. The highest BCUT2D eigenvalue weighted by Crippen LogP contribution is 2.17. The summed E-state index contributed by atoms with van der Waals surface area (Å²) in [5.41, 5.74) is -0.221. The van der Waals surface area contributed by atoms with Gasteiger partial charge in [-0.05, 0) is 26.8 Å². The molecule has 20 heavy (non-hydrogen) atoms. The van der Waals surface area contributed by atoms with Crippen molar-refractivity contribution >= 4 is 22.4 Å². The average Bonchev–Trinajstić information content (AvgIpc) is 2.37. The molecule has 1 atom stereocenters. The highest BCUT2D eigenvalue weighted by Gasteiger charge is 2.21. The molecule has 0 heterocycles. The maximum Gasteiger partial charge on any atom is 0.282 e. The molecule has 0 aliphatic heterocycles. The Kier molecular flexibility index (Phi) is 5.38. The van der Waals surface area contributed by atoms with Gasteiger partial charge in [-0.25, -0.2) is 0 Å². The highest BCUT2D eigenvalue weighted by atomic mass is 32.2. The number of amides is 1. The summed E-state index contributed by atoms with van der Waals surface area (Å²) < 4.78 is 11.5. The zero-order valence-corrected chi connectivity index (χ0v) is 12.5. The molecule has 1 amide bonds. The molecular formula is C13H18N2O4S. The van der Waals surface area contributed by atoms with E-state index >= 15 is 0 Å². The van der Waals surface area contributed by atoms with Gasteiger partial charge in [0.1, 0.15) is 5.56 Å². The van der Waals surface area contributed by atoms with Crippen molar-refractivity contribution in [2.45, 2.75) is 25.5 Å². The molecule has 0 aliphatic carbocycles. The molecule has 0 saturated heterocycles. The molecule has 1 aromatic carbocycles. The second kappa shape index (κ2) is 6.60. The molecule has 0 radical (unpaired) electrons. The van der Waals surface area contributed by atoms with E-state index in [4.69, 9.17) is 0 Å². The molecule has 1 aromatic rings. The van der Waals surface area contributed by atoms with Crippen molar-refractivity contribution in [1.29, 1.82) is 0 Å². The first-order valence-electron chi connectivity index (χ1n) is 6.13. The lowest BCUT2D eigenvalue weighted by Gasteiger charge is -2.17. The van der Waals surface area contributed by atoms with Gasteiger partial charge in [0.15, 0.2) is 0 Å². The van der Waals surface area contributed by atoms with Crippen LogP contribution in [0.4, 0.5) is 5.69 Å². The first-order valence-corrected chi connectivity index (χ1v) is 7.45. The van der Waals surface area contributed by atoms with Crippen LogP contribution >= 0.6 is 0 Å². The number of para-hydroxylation sites is 1. The van der Waals surface area contributed by atoms with E-state index in [0.29, 0.717) is 5.75 Å². The minimum Gasteiger partial charge on any atom is -0.351 e. The predicted molar refractivity (Wildman–Crippen MR) is 78.2 cm³/mol. The maximum atomic E-state index is 11.9. The number of benzene rings is 1. The Morgan fingerprint density at radius 1 is 1.35 bits per heavy atom. The fraction of sp³-hybridized carbons (Fsp3) is 0.462. The van der Waals surface area contributed by atoms with Gasteiger partial charge in [-0.15, -0.1) is 0 Å². The number of nitro groups is 1. The number of hydrogen-bond acceptors (Lipinski definition) is 4. The SMILES string of the molecule is CC(C)(C)[S@](=O)CCNC(=O)c1ccccc1[N+](=O)[O-]. The van der Waals surface area contributed by atoms with Crippen LogP contribution in [0.25, 0.3) is 0 Å². The van der Waals surface area contributed by atoms with Crippen LogP contribution in [0.15, 0.2) is 24.3 Å². The Labute approximate surface area is 120 Å². The Hall–Kier alpha value is -1.76. The van der Waals surface area contributed by atoms with Crippen LogP contribution in [0, 0.1) is 10.1 Å². The van der Waals surface area contributed by atoms with E-state index in [1.54, 1.807) is 6.07 Å². The van der Waals surface area contributed by atoms with Crippen molar-refractivity contribution in [3.8, 4) is 0 Å². The molecule has 110 valence electrons. The Morgan fingerprint density at radius 2 is 1.95 bits per heavy atom. The minimum atomic E-state index is -1.07. The number of nitro benzene ring substituents is 1. The molecule has 6 nitrogen and oxygen atoms in total. The molecule has 1 rings (SSSR count). The van der Waals surface area contributed by atoms with Crippen molar-refractivity contribution < 1.29 is 13.9 Å². The third kappa shape index (κ3) is 4.41. The van der Waals surface area contributed by atoms with Gasteiger partial charge in [0.2, 0.25) is 0 Å². The fourth-order valence-corrected chi connectivity index (χ4v) is 2.38. The van der Waals surface area contributed by atoms with Gasteiger partial charge in [-0.3, -0.25) is 19.1 Å². The Balaban J connectivity index is 2.65. The van der Waals surface area contributed by atoms with E-state index in [9.17, 15) is 19.1 Å². The first kappa shape index (κ1) is 16.3. The van der Waals surface area contributed by atoms with Crippen molar-refractivity contribution in [2.24, 2.45) is 0 Å². The van der Waals surface area contributed by atoms with Gasteiger partial charge in [-0.1, -0.05) is 12.1 Å². The monoisotopic (exact) mass is 298 g/mol. The average molecular weight is 298 g/mol. The van der Waals surface area contributed by atoms with Gasteiger partial charge in [0, 0.05) is 33.9 Å². The summed E-state index contributed by atoms with van der Waals surface area (Å²) in [6, 6.07) is 5.75. The van der Waals surface area contributed by atoms with Crippen LogP contribution in [0.2, 0.25) is 0 Å². The summed E-state index contributed by atoms with van der Waals surface area (Å²) in [6.45, 7) is 5.78. The standard InChI is InChI=1S/C13H18N2O4S/c1-13(2,3)20(19)9-8-14-12(16)10-6-4-5-7-11(10)15(17)18/h4-7H,8-9H2,1-3H3,(H,14,16)/t20-/m1/s1. The molecule has 1 N–H and O–H groups in total. The van der Waals surface area contributed by atoms with Crippen molar-refractivity contribution in [1.82, 2.24) is 5.32 Å². The number of nitrogens with one attached hydrogen (secondary N) is 1. The maximum absolute atomic E-state index is 11.9. The van der Waals surface area contributed by atoms with E-state index < -0.39 is 21.6 Å². The molecule has 0 bridgehead atoms. The summed E-state index contributed by atoms with van der Waals surface area (Å²) in [5, 5.41) is 13.4. The lowest BCUT2D eigenvalue weighted by molar-refractivity contribution is -0.385. The topological polar surface area (TPSA) is 89.3 Å². The van der Waals surface area contributed by atoms with Gasteiger partial charge in [0.25, 0.3) is 11.6 Å². The molecule has 0 spiro atoms. The molecular weight excluding hydrogens is 280 g/mol. The lowest BCUT2D eigenvalue weighted by Crippen LogP contribution is -2.32. The van der Waals surface area contributed by atoms with Crippen LogP contribution in [0.5, 0.6) is 0 Å². The van der Waals surface area contributed by atoms with Gasteiger partial charge in [-0.2, -0.15) is 0 Å². The van der Waals surface area contributed by atoms with Crippen LogP contribution in [0.1, 0.15) is 31.1 Å². The predicted octanol–water partition coefficient (Wildman–Crippen LogP) is 1.87. The molecule has 7 heteroatoms. The number of carbonyl (C=O) groups is 1. The van der Waals surface area contributed by atoms with Crippen LogP contribution in [0.3, 0.4) is 0 Å². The zero-order valence-electron chi connectivity index (χ0n) is 11.7. The fourth-order valence-electron chi connectivity index (χ4n) is 1.48. The van der Waals surface area contributed by atoms with Gasteiger partial charge >= 0.3 is 0 Å². The smallest absolute Gasteiger partial charge is 0.282 e. The summed E-state index contributed by atoms with van der Waals surface area (Å²) in [6.07, 6.45) is 0. The first-order chi connectivity index (χ1) is 9.23. The molecule has 0 saturated carbocycles. The van der Waals surface area contributed by atoms with Crippen LogP contribution < -0.4 is 5.32 Å². The number of hydrogen-bond donors (Lipinski definition) is 1. The van der Waals surface area contributed by atoms with Crippen LogP contribution in [-0.4, -0.2) is 32.1 Å². The van der Waals surface area contributed by atoms with E-state index in [-0.39, 0.29) is 22.5 Å². The lowest BCUT2D eigenvalue weighted by atomic mass is 10.1. The number of rotatable bonds is 5. The highest BCUT2D eigenvalue weighted by molar-refractivity contribution is 7.86. The van der Waals surface area contributed by atoms with E-state index in [0.717, 1.165) is 0 Å². The van der Waals surface area contributed by atoms with Gasteiger partial charge < -0.3 is 5.32 Å². The second-order valence-electron chi connectivity index (χ2n) is 5.19. The Morgan fingerprint density at radius 3 is 2.50 bits per heavy atom. The molecule has 0 aromatic heterocycles. The van der Waals surface area contributed by atoms with Crippen LogP contribution in [-0.2, 0) is 10.8 Å². The molecule has 0 unspecified atom stereocenters. The van der Waals surface area contributed by atoms with E-state index in [1.165, 1.54) is 18.2 Å². The third-order valence-electron chi connectivity index (χ3n) is 2.60. The Bertz CT molecular complexity index is 537. The summed E-state index contributed by atoms with van der Waals surface area (Å²) in [4.78, 5) is 22.1. The quantitative estimate of drug-likeness (QED) is 0.664. The summed E-state index contributed by atoms with van der Waals surface area (Å²) in [5.74, 6) is -0.209. The van der Waals surface area contributed by atoms with Crippen molar-refractivity contribution in [3.63, 3.8) is 0 Å².